The van der Waals surface area contributed by atoms with Gasteiger partial charge in [0.25, 0.3) is 0 Å². The Balaban J connectivity index is 1.31. The predicted octanol–water partition coefficient (Wildman–Crippen LogP) is 7.36. The summed E-state index contributed by atoms with van der Waals surface area (Å²) in [5, 5.41) is 10.1. The van der Waals surface area contributed by atoms with Crippen molar-refractivity contribution >= 4 is 31.0 Å². The number of likely N-dealkylation sites (tertiary alicyclic amines) is 1. The molecular formula is C34H44F3N7O3Si. The number of amides is 1. The summed E-state index contributed by atoms with van der Waals surface area (Å²) in [7, 11) is -1.32. The first-order valence-corrected chi connectivity index (χ1v) is 20.2. The zero-order valence-corrected chi connectivity index (χ0v) is 29.4. The van der Waals surface area contributed by atoms with E-state index in [4.69, 9.17) is 19.6 Å². The van der Waals surface area contributed by atoms with Gasteiger partial charge in [-0.05, 0) is 57.5 Å². The van der Waals surface area contributed by atoms with E-state index >= 15 is 8.78 Å². The average molecular weight is 684 g/mol. The fourth-order valence-electron chi connectivity index (χ4n) is 6.25. The number of ether oxygens (including phenoxy) is 2. The van der Waals surface area contributed by atoms with Crippen molar-refractivity contribution in [1.29, 1.82) is 0 Å². The molecule has 48 heavy (non-hydrogen) atoms. The van der Waals surface area contributed by atoms with Crippen LogP contribution in [-0.4, -0.2) is 81.6 Å². The maximum Gasteiger partial charge on any atom is 0.410 e. The van der Waals surface area contributed by atoms with Crippen LogP contribution >= 0.6 is 0 Å². The van der Waals surface area contributed by atoms with Gasteiger partial charge >= 0.3 is 6.09 Å². The zero-order chi connectivity index (χ0) is 34.4. The van der Waals surface area contributed by atoms with E-state index in [1.165, 1.54) is 0 Å². The van der Waals surface area contributed by atoms with Crippen molar-refractivity contribution in [3.63, 3.8) is 0 Å². The monoisotopic (exact) mass is 683 g/mol. The molecule has 2 saturated heterocycles. The van der Waals surface area contributed by atoms with E-state index in [0.29, 0.717) is 36.5 Å². The van der Waals surface area contributed by atoms with Gasteiger partial charge in [0, 0.05) is 63.3 Å². The minimum atomic E-state index is -1.32. The van der Waals surface area contributed by atoms with Gasteiger partial charge in [-0.1, -0.05) is 19.6 Å². The van der Waals surface area contributed by atoms with E-state index in [0.717, 1.165) is 41.8 Å². The van der Waals surface area contributed by atoms with Gasteiger partial charge in [0.05, 0.1) is 30.2 Å². The number of fused-ring (bicyclic) bond motifs is 1. The number of aromatic nitrogens is 5. The Morgan fingerprint density at radius 2 is 1.88 bits per heavy atom. The summed E-state index contributed by atoms with van der Waals surface area (Å²) in [5.41, 5.74) is 1.63. The number of hydrogen-bond donors (Lipinski definition) is 0. The number of nitrogens with zero attached hydrogens (tertiary/aromatic N) is 7. The minimum absolute atomic E-state index is 0.00300. The second kappa shape index (κ2) is 13.2. The summed E-state index contributed by atoms with van der Waals surface area (Å²) >= 11 is 0. The molecule has 6 rings (SSSR count). The number of pyridine rings is 1. The standard InChI is InChI=1S/C34H44F3N7O3Si/c1-34(2,3)47-33(45)41-10-9-26(20-41)43-18-23(17-39-43)22-13-28-31(38-16-22)44(21-46-11-12-48(4,5)6)40-32(28)42-19-25(36)15-30(42)27-14-24(35)7-8-29(27)37/h7-8,13-14,16-18,25-26,30H,9-12,15,19-21H2,1-6H3/t25-,26+,30+/m0/s1. The second-order valence-electron chi connectivity index (χ2n) is 15.0. The van der Waals surface area contributed by atoms with Crippen molar-refractivity contribution in [3.05, 3.63) is 60.1 Å². The van der Waals surface area contributed by atoms with E-state index in [1.54, 1.807) is 26.9 Å². The molecule has 1 amide bonds. The van der Waals surface area contributed by atoms with E-state index in [9.17, 15) is 9.18 Å². The molecule has 258 valence electrons. The third-order valence-corrected chi connectivity index (χ3v) is 10.4. The number of halogens is 3. The molecule has 0 N–H and O–H groups in total. The molecular weight excluding hydrogens is 640 g/mol. The molecule has 0 saturated carbocycles. The molecule has 2 aliphatic heterocycles. The first-order chi connectivity index (χ1) is 22.6. The summed E-state index contributed by atoms with van der Waals surface area (Å²) in [6.07, 6.45) is 4.56. The van der Waals surface area contributed by atoms with Crippen molar-refractivity contribution in [2.45, 2.75) is 89.9 Å². The van der Waals surface area contributed by atoms with E-state index in [1.807, 2.05) is 37.7 Å². The molecule has 4 aromatic rings. The van der Waals surface area contributed by atoms with Crippen LogP contribution in [-0.2, 0) is 16.2 Å². The van der Waals surface area contributed by atoms with Gasteiger partial charge in [-0.2, -0.15) is 10.2 Å². The lowest BCUT2D eigenvalue weighted by Crippen LogP contribution is -2.35. The number of hydrogen-bond acceptors (Lipinski definition) is 7. The normalized spacial score (nSPS) is 20.3. The fourth-order valence-corrected chi connectivity index (χ4v) is 7.01. The molecule has 5 heterocycles. The Labute approximate surface area is 279 Å². The average Bonchev–Trinajstić information content (AvgIpc) is 3.80. The topological polar surface area (TPSA) is 90.5 Å². The fraction of sp³-hybridized carbons (Fsp3) is 0.529. The lowest BCUT2D eigenvalue weighted by molar-refractivity contribution is 0.0288. The quantitative estimate of drug-likeness (QED) is 0.135. The van der Waals surface area contributed by atoms with Crippen LogP contribution in [0.1, 0.15) is 51.3 Å². The molecule has 0 bridgehead atoms. The highest BCUT2D eigenvalue weighted by atomic mass is 28.3. The molecule has 3 atom stereocenters. The zero-order valence-electron chi connectivity index (χ0n) is 28.4. The number of carbonyl (C=O) groups excluding carboxylic acids is 1. The van der Waals surface area contributed by atoms with Gasteiger partial charge in [-0.15, -0.1) is 0 Å². The Morgan fingerprint density at radius 3 is 2.62 bits per heavy atom. The third-order valence-electron chi connectivity index (χ3n) is 8.74. The van der Waals surface area contributed by atoms with Crippen LogP contribution in [0.15, 0.2) is 42.9 Å². The lowest BCUT2D eigenvalue weighted by atomic mass is 10.0. The Hall–Kier alpha value is -3.91. The molecule has 0 unspecified atom stereocenters. The van der Waals surface area contributed by atoms with E-state index < -0.39 is 37.5 Å². The van der Waals surface area contributed by atoms with Crippen molar-refractivity contribution in [1.82, 2.24) is 29.4 Å². The van der Waals surface area contributed by atoms with E-state index in [2.05, 4.69) is 24.7 Å². The molecule has 2 fully saturated rings. The maximum absolute atomic E-state index is 15.1. The summed E-state index contributed by atoms with van der Waals surface area (Å²) in [6.45, 7) is 14.1. The SMILES string of the molecule is CC(C)(C)OC(=O)N1CC[C@@H](n2cc(-c3cnc4c(c3)c(N3C[C@@H](F)C[C@@H]3c3cc(F)ccc3F)nn4COCC[Si](C)(C)C)cn2)C1. The maximum atomic E-state index is 15.1. The highest BCUT2D eigenvalue weighted by Gasteiger charge is 2.38. The van der Waals surface area contributed by atoms with Crippen LogP contribution in [0.2, 0.25) is 25.7 Å². The number of rotatable bonds is 9. The lowest BCUT2D eigenvalue weighted by Gasteiger charge is -2.25. The van der Waals surface area contributed by atoms with Gasteiger partial charge in [0.2, 0.25) is 0 Å². The van der Waals surface area contributed by atoms with Crippen LogP contribution in [0, 0.1) is 11.6 Å². The van der Waals surface area contributed by atoms with Gasteiger partial charge in [-0.3, -0.25) is 4.68 Å². The Morgan fingerprint density at radius 1 is 1.08 bits per heavy atom. The number of anilines is 1. The van der Waals surface area contributed by atoms with Gasteiger partial charge in [-0.25, -0.2) is 27.6 Å². The molecule has 2 aliphatic rings. The Bertz CT molecular complexity index is 1780. The van der Waals surface area contributed by atoms with Gasteiger partial charge < -0.3 is 19.3 Å². The summed E-state index contributed by atoms with van der Waals surface area (Å²) in [5.74, 6) is -0.752. The molecule has 14 heteroatoms. The molecule has 0 radical (unpaired) electrons. The van der Waals surface area contributed by atoms with Crippen LogP contribution in [0.4, 0.5) is 23.8 Å². The van der Waals surface area contributed by atoms with Crippen LogP contribution in [0.3, 0.4) is 0 Å². The number of carbonyl (C=O) groups is 1. The number of benzene rings is 1. The smallest absolute Gasteiger partial charge is 0.410 e. The molecule has 3 aromatic heterocycles. The second-order valence-corrected chi connectivity index (χ2v) is 20.6. The predicted molar refractivity (Wildman–Crippen MR) is 180 cm³/mol. The largest absolute Gasteiger partial charge is 0.444 e. The van der Waals surface area contributed by atoms with Crippen molar-refractivity contribution in [2.75, 3.05) is 31.1 Å². The highest BCUT2D eigenvalue weighted by molar-refractivity contribution is 6.76. The first kappa shape index (κ1) is 34.0. The molecule has 0 spiro atoms. The summed E-state index contributed by atoms with van der Waals surface area (Å²) in [4.78, 5) is 20.8. The molecule has 1 aromatic carbocycles. The summed E-state index contributed by atoms with van der Waals surface area (Å²) in [6, 6.07) is 5.41. The van der Waals surface area contributed by atoms with Crippen LogP contribution in [0.5, 0.6) is 0 Å². The molecule has 10 nitrogen and oxygen atoms in total. The van der Waals surface area contributed by atoms with Gasteiger partial charge in [0.1, 0.15) is 30.1 Å². The van der Waals surface area contributed by atoms with Gasteiger partial charge in [0.15, 0.2) is 11.5 Å². The Kier molecular flexibility index (Phi) is 9.33. The third kappa shape index (κ3) is 7.54. The van der Waals surface area contributed by atoms with Crippen LogP contribution < -0.4 is 4.90 Å². The highest BCUT2D eigenvalue weighted by Crippen LogP contribution is 2.41. The van der Waals surface area contributed by atoms with Crippen molar-refractivity contribution in [2.24, 2.45) is 0 Å². The van der Waals surface area contributed by atoms with E-state index in [-0.39, 0.29) is 37.4 Å². The molecule has 0 aliphatic carbocycles. The van der Waals surface area contributed by atoms with Crippen LogP contribution in [0.25, 0.3) is 22.2 Å². The minimum Gasteiger partial charge on any atom is -0.444 e. The summed E-state index contributed by atoms with van der Waals surface area (Å²) < 4.78 is 59.4. The first-order valence-electron chi connectivity index (χ1n) is 16.5. The van der Waals surface area contributed by atoms with Crippen molar-refractivity contribution in [3.8, 4) is 11.1 Å². The van der Waals surface area contributed by atoms with Crippen molar-refractivity contribution < 1.29 is 27.4 Å². The number of alkyl halides is 1.